The molecule has 4 fully saturated rings. The fourth-order valence-electron chi connectivity index (χ4n) is 6.71. The molecule has 4 rings (SSSR count). The zero-order chi connectivity index (χ0) is 31.4. The maximum absolute atomic E-state index is 11.7. The number of rotatable bonds is 12. The number of β-amino-alcohol motifs (C(OH)–C–C–N with tert-alkyl or cyclic N) is 1. The molecule has 2 saturated heterocycles. The van der Waals surface area contributed by atoms with E-state index < -0.39 is 7.25 Å². The zero-order valence-electron chi connectivity index (χ0n) is 26.7. The standard InChI is InChI=1S/C15H29BN2O5.C15H27NO4/c1-3-21-15(19)11-4-6-13(7-5-11)22-10-12-8-14(9-18(12)2)23-16(17)20;1-3-19-15(18)11-4-6-14(7-5-11)20-10-12-8-13(17)9-16(12)2/h11-14,20H,3-10,17H2,1-2H3;11-14,17H,3-10H2,1-2H3/t11?,12-,13?,14+;11?,12-,13+,14?/m00/s1. The summed E-state index contributed by atoms with van der Waals surface area (Å²) in [6.07, 6.45) is 8.91. The van der Waals surface area contributed by atoms with Gasteiger partial charge >= 0.3 is 19.2 Å². The molecule has 12 nitrogen and oxygen atoms in total. The number of nitrogens with two attached hydrogens (primary N) is 1. The molecule has 0 aromatic rings. The van der Waals surface area contributed by atoms with Crippen molar-refractivity contribution in [2.45, 2.75) is 115 Å². The third-order valence-electron chi connectivity index (χ3n) is 9.28. The van der Waals surface area contributed by atoms with Crippen LogP contribution in [0.1, 0.15) is 78.1 Å². The molecule has 0 unspecified atom stereocenters. The van der Waals surface area contributed by atoms with Crippen LogP contribution < -0.4 is 5.64 Å². The Balaban J connectivity index is 0.000000238. The van der Waals surface area contributed by atoms with Crippen molar-refractivity contribution < 1.29 is 43.3 Å². The Morgan fingerprint density at radius 3 is 1.58 bits per heavy atom. The van der Waals surface area contributed by atoms with Crippen LogP contribution in [0.5, 0.6) is 0 Å². The average Bonchev–Trinajstić information content (AvgIpc) is 3.49. The number of hydrogen-bond donors (Lipinski definition) is 3. The number of likely N-dealkylation sites (N-methyl/N-ethyl adjacent to an activating group) is 2. The second-order valence-corrected chi connectivity index (χ2v) is 12.6. The minimum atomic E-state index is -1.22. The number of carbonyl (C=O) groups is 2. The van der Waals surface area contributed by atoms with Gasteiger partial charge < -0.3 is 39.4 Å². The summed E-state index contributed by atoms with van der Waals surface area (Å²) in [7, 11) is 2.84. The van der Waals surface area contributed by atoms with Crippen molar-refractivity contribution in [3.8, 4) is 0 Å². The lowest BCUT2D eigenvalue weighted by atomic mass is 9.87. The predicted molar refractivity (Wildman–Crippen MR) is 162 cm³/mol. The molecular weight excluding hydrogens is 557 g/mol. The summed E-state index contributed by atoms with van der Waals surface area (Å²) >= 11 is 0. The first kappa shape index (κ1) is 36.2. The van der Waals surface area contributed by atoms with E-state index in [-0.39, 0.29) is 54.2 Å². The fourth-order valence-corrected chi connectivity index (χ4v) is 6.71. The minimum absolute atomic E-state index is 0.0350. The van der Waals surface area contributed by atoms with Crippen LogP contribution in [0.3, 0.4) is 0 Å². The van der Waals surface area contributed by atoms with Crippen molar-refractivity contribution >= 4 is 19.2 Å². The van der Waals surface area contributed by atoms with Gasteiger partial charge in [-0.05, 0) is 92.2 Å². The van der Waals surface area contributed by atoms with Gasteiger partial charge in [-0.25, -0.2) is 0 Å². The largest absolute Gasteiger partial charge is 0.549 e. The summed E-state index contributed by atoms with van der Waals surface area (Å²) in [6.45, 7) is 7.41. The number of aliphatic hydroxyl groups is 1. The van der Waals surface area contributed by atoms with E-state index in [0.29, 0.717) is 32.5 Å². The Bertz CT molecular complexity index is 825. The van der Waals surface area contributed by atoms with E-state index in [4.69, 9.17) is 34.3 Å². The molecule has 4 aliphatic rings. The summed E-state index contributed by atoms with van der Waals surface area (Å²) in [6, 6.07) is 0.606. The molecule has 2 saturated carbocycles. The highest BCUT2D eigenvalue weighted by molar-refractivity contribution is 6.38. The van der Waals surface area contributed by atoms with E-state index in [1.54, 1.807) is 0 Å². The van der Waals surface area contributed by atoms with Crippen molar-refractivity contribution in [1.29, 1.82) is 0 Å². The van der Waals surface area contributed by atoms with E-state index >= 15 is 0 Å². The Labute approximate surface area is 258 Å². The zero-order valence-corrected chi connectivity index (χ0v) is 26.7. The summed E-state index contributed by atoms with van der Waals surface area (Å²) in [5, 5.41) is 18.7. The number of carbonyl (C=O) groups excluding carboxylic acids is 2. The van der Waals surface area contributed by atoms with Crippen LogP contribution in [0.25, 0.3) is 0 Å². The van der Waals surface area contributed by atoms with Crippen LogP contribution >= 0.6 is 0 Å². The van der Waals surface area contributed by atoms with E-state index in [1.165, 1.54) is 0 Å². The molecule has 0 spiro atoms. The van der Waals surface area contributed by atoms with E-state index in [0.717, 1.165) is 77.3 Å². The molecule has 0 bridgehead atoms. The molecule has 0 radical (unpaired) electrons. The molecule has 2 aliphatic carbocycles. The molecule has 43 heavy (non-hydrogen) atoms. The van der Waals surface area contributed by atoms with Gasteiger partial charge in [-0.2, -0.15) is 0 Å². The van der Waals surface area contributed by atoms with Gasteiger partial charge in [0.25, 0.3) is 0 Å². The molecule has 0 aromatic carbocycles. The van der Waals surface area contributed by atoms with Crippen molar-refractivity contribution in [2.24, 2.45) is 17.5 Å². The van der Waals surface area contributed by atoms with Gasteiger partial charge in [-0.3, -0.25) is 19.4 Å². The fraction of sp³-hybridized carbons (Fsp3) is 0.933. The quantitative estimate of drug-likeness (QED) is 0.215. The SMILES string of the molecule is CCOC(=O)C1CCC(OC[C@@H]2C[C@@H](O)CN2C)CC1.CCOC(=O)C1CCC(OC[C@@H]2C[C@@H](OB(N)O)CN2C)CC1. The lowest BCUT2D eigenvalue weighted by Gasteiger charge is -2.29. The first-order valence-electron chi connectivity index (χ1n) is 16.3. The summed E-state index contributed by atoms with van der Waals surface area (Å²) in [4.78, 5) is 27.7. The molecule has 2 heterocycles. The maximum Gasteiger partial charge on any atom is 0.549 e. The second kappa shape index (κ2) is 18.6. The van der Waals surface area contributed by atoms with Crippen molar-refractivity contribution in [2.75, 3.05) is 53.6 Å². The topological polar surface area (TPSA) is 153 Å². The lowest BCUT2D eigenvalue weighted by Crippen LogP contribution is -2.35. The number of likely N-dealkylation sites (tertiary alicyclic amines) is 2. The van der Waals surface area contributed by atoms with Crippen molar-refractivity contribution in [3.63, 3.8) is 0 Å². The Hall–Kier alpha value is -1.32. The highest BCUT2D eigenvalue weighted by Gasteiger charge is 2.34. The number of ether oxygens (including phenoxy) is 4. The lowest BCUT2D eigenvalue weighted by molar-refractivity contribution is -0.151. The molecule has 13 heteroatoms. The van der Waals surface area contributed by atoms with Gasteiger partial charge in [0, 0.05) is 25.2 Å². The van der Waals surface area contributed by atoms with Gasteiger partial charge in [-0.15, -0.1) is 0 Å². The third-order valence-corrected chi connectivity index (χ3v) is 9.28. The number of nitrogens with zero attached hydrogens (tertiary/aromatic N) is 2. The highest BCUT2D eigenvalue weighted by Crippen LogP contribution is 2.29. The van der Waals surface area contributed by atoms with E-state index in [9.17, 15) is 14.7 Å². The molecule has 0 amide bonds. The van der Waals surface area contributed by atoms with Crippen molar-refractivity contribution in [3.05, 3.63) is 0 Å². The summed E-state index contributed by atoms with van der Waals surface area (Å²) in [5.74, 6) is -0.0232. The van der Waals surface area contributed by atoms with Crippen LogP contribution in [-0.2, 0) is 33.2 Å². The van der Waals surface area contributed by atoms with Gasteiger partial charge in [0.2, 0.25) is 0 Å². The van der Waals surface area contributed by atoms with E-state index in [1.807, 2.05) is 27.9 Å². The van der Waals surface area contributed by atoms with Crippen LogP contribution in [-0.4, -0.2) is 129 Å². The monoisotopic (exact) mass is 613 g/mol. The number of esters is 2. The van der Waals surface area contributed by atoms with Gasteiger partial charge in [0.05, 0.1) is 62.7 Å². The van der Waals surface area contributed by atoms with Gasteiger partial charge in [0.15, 0.2) is 0 Å². The van der Waals surface area contributed by atoms with Crippen LogP contribution in [0, 0.1) is 11.8 Å². The normalized spacial score (nSPS) is 33.5. The van der Waals surface area contributed by atoms with E-state index in [2.05, 4.69) is 9.80 Å². The molecule has 0 aromatic heterocycles. The Morgan fingerprint density at radius 2 is 1.19 bits per heavy atom. The Morgan fingerprint density at radius 1 is 0.744 bits per heavy atom. The van der Waals surface area contributed by atoms with Crippen LogP contribution in [0.4, 0.5) is 0 Å². The minimum Gasteiger partial charge on any atom is -0.466 e. The molecule has 248 valence electrons. The smallest absolute Gasteiger partial charge is 0.466 e. The first-order valence-corrected chi connectivity index (χ1v) is 16.3. The average molecular weight is 614 g/mol. The molecule has 4 N–H and O–H groups in total. The molecular formula is C30H56BN3O9. The number of hydrogen-bond acceptors (Lipinski definition) is 12. The van der Waals surface area contributed by atoms with Gasteiger partial charge in [-0.1, -0.05) is 0 Å². The first-order chi connectivity index (χ1) is 20.6. The molecule has 4 atom stereocenters. The summed E-state index contributed by atoms with van der Waals surface area (Å²) in [5.41, 5.74) is 5.26. The summed E-state index contributed by atoms with van der Waals surface area (Å²) < 4.78 is 27.4. The maximum atomic E-state index is 11.7. The number of aliphatic hydroxyl groups excluding tert-OH is 1. The van der Waals surface area contributed by atoms with Crippen LogP contribution in [0.15, 0.2) is 0 Å². The third kappa shape index (κ3) is 12.2. The van der Waals surface area contributed by atoms with Gasteiger partial charge in [0.1, 0.15) is 0 Å². The highest BCUT2D eigenvalue weighted by atomic mass is 16.5. The molecule has 2 aliphatic heterocycles. The van der Waals surface area contributed by atoms with Crippen molar-refractivity contribution in [1.82, 2.24) is 9.80 Å². The Kier molecular flexibility index (Phi) is 15.6. The second-order valence-electron chi connectivity index (χ2n) is 12.6. The predicted octanol–water partition coefficient (Wildman–Crippen LogP) is 1.34. The van der Waals surface area contributed by atoms with Crippen LogP contribution in [0.2, 0.25) is 0 Å².